The molecule has 0 unspecified atom stereocenters. The van der Waals surface area contributed by atoms with Crippen molar-refractivity contribution < 1.29 is 43.3 Å². The minimum atomic E-state index is -1.23. The zero-order chi connectivity index (χ0) is 35.5. The van der Waals surface area contributed by atoms with E-state index in [9.17, 15) is 24.8 Å². The molecule has 260 valence electrons. The smallest absolute Gasteiger partial charge is 0.337 e. The number of hydrogen-bond acceptors (Lipinski definition) is 12. The SMILES string of the molecule is CCOc1cc([C@H]2NC(=O)NC(C)=C2C(=O)OC)ccc1OC[C@H](O)N/N=C\c1cc(Cl)c(OCc2cccc([N+](=O)[O-])c2)c(OCC)c1. The number of allylic oxidation sites excluding steroid dienone is 1. The molecule has 0 bridgehead atoms. The van der Waals surface area contributed by atoms with Crippen molar-refractivity contribution in [1.29, 1.82) is 0 Å². The predicted octanol–water partition coefficient (Wildman–Crippen LogP) is 4.75. The Kier molecular flexibility index (Phi) is 12.6. The van der Waals surface area contributed by atoms with Crippen LogP contribution in [-0.2, 0) is 16.1 Å². The zero-order valence-electron chi connectivity index (χ0n) is 27.2. The second kappa shape index (κ2) is 17.0. The highest BCUT2D eigenvalue weighted by molar-refractivity contribution is 6.32. The zero-order valence-corrected chi connectivity index (χ0v) is 27.9. The Balaban J connectivity index is 1.40. The molecule has 1 aliphatic rings. The van der Waals surface area contributed by atoms with Gasteiger partial charge in [0.05, 0.1) is 48.1 Å². The van der Waals surface area contributed by atoms with E-state index < -0.39 is 29.2 Å². The normalized spacial score (nSPS) is 14.8. The Bertz CT molecular complexity index is 1750. The highest BCUT2D eigenvalue weighted by atomic mass is 35.5. The number of non-ortho nitro benzene ring substituents is 1. The van der Waals surface area contributed by atoms with Gasteiger partial charge >= 0.3 is 12.0 Å². The summed E-state index contributed by atoms with van der Waals surface area (Å²) in [6.45, 7) is 5.61. The maximum atomic E-state index is 12.5. The molecule has 0 radical (unpaired) electrons. The van der Waals surface area contributed by atoms with Crippen LogP contribution in [0.5, 0.6) is 23.0 Å². The molecule has 0 aliphatic carbocycles. The first-order valence-electron chi connectivity index (χ1n) is 15.1. The van der Waals surface area contributed by atoms with Crippen LogP contribution in [0.4, 0.5) is 10.5 Å². The number of hydrazone groups is 1. The van der Waals surface area contributed by atoms with Crippen LogP contribution >= 0.6 is 11.6 Å². The van der Waals surface area contributed by atoms with Gasteiger partial charge in [0, 0.05) is 17.8 Å². The van der Waals surface area contributed by atoms with E-state index in [1.165, 1.54) is 25.5 Å². The van der Waals surface area contributed by atoms with E-state index in [1.807, 2.05) is 0 Å². The molecule has 49 heavy (non-hydrogen) atoms. The number of hydrogen-bond donors (Lipinski definition) is 4. The first-order valence-corrected chi connectivity index (χ1v) is 15.5. The molecule has 4 N–H and O–H groups in total. The molecule has 0 aromatic heterocycles. The third-order valence-corrected chi connectivity index (χ3v) is 7.23. The van der Waals surface area contributed by atoms with Crippen LogP contribution in [-0.4, -0.2) is 61.4 Å². The molecule has 4 rings (SSSR count). The molecule has 3 aromatic rings. The standard InChI is InChI=1S/C33H36ClN5O10/c1-5-46-26-15-22(30-29(32(41)45-4)19(3)36-33(42)37-30)10-11-25(26)48-18-28(40)38-35-16-21-13-24(34)31(27(14-21)47-6-2)49-17-20-8-7-9-23(12-20)39(43)44/h7-16,28,30,38,40H,5-6,17-18H2,1-4H3,(H2,36,37,42)/b35-16-/t28-,30+/m0/s1. The predicted molar refractivity (Wildman–Crippen MR) is 179 cm³/mol. The van der Waals surface area contributed by atoms with E-state index in [1.54, 1.807) is 63.2 Å². The number of benzene rings is 3. The van der Waals surface area contributed by atoms with Crippen molar-refractivity contribution >= 4 is 35.5 Å². The first kappa shape index (κ1) is 36.3. The Morgan fingerprint density at radius 1 is 1.08 bits per heavy atom. The summed E-state index contributed by atoms with van der Waals surface area (Å²) in [5.41, 5.74) is 4.80. The third kappa shape index (κ3) is 9.52. The van der Waals surface area contributed by atoms with Gasteiger partial charge in [0.15, 0.2) is 29.2 Å². The molecule has 1 aliphatic heterocycles. The molecule has 16 heteroatoms. The fourth-order valence-corrected chi connectivity index (χ4v) is 5.07. The van der Waals surface area contributed by atoms with Crippen LogP contribution < -0.4 is 35.0 Å². The number of nitrogens with zero attached hydrogens (tertiary/aromatic N) is 2. The van der Waals surface area contributed by atoms with Crippen LogP contribution in [0, 0.1) is 10.1 Å². The monoisotopic (exact) mass is 697 g/mol. The van der Waals surface area contributed by atoms with Crippen LogP contribution in [0.2, 0.25) is 5.02 Å². The number of nitrogens with one attached hydrogen (secondary N) is 3. The average molecular weight is 698 g/mol. The fourth-order valence-electron chi connectivity index (χ4n) is 4.80. The number of nitro groups is 1. The van der Waals surface area contributed by atoms with E-state index in [0.29, 0.717) is 52.8 Å². The topological polar surface area (TPSA) is 192 Å². The lowest BCUT2D eigenvalue weighted by molar-refractivity contribution is -0.384. The maximum Gasteiger partial charge on any atom is 0.337 e. The van der Waals surface area contributed by atoms with Crippen molar-refractivity contribution in [2.24, 2.45) is 5.10 Å². The molecular formula is C33H36ClN5O10. The molecule has 0 fully saturated rings. The number of urea groups is 1. The summed E-state index contributed by atoms with van der Waals surface area (Å²) in [6.07, 6.45) is 0.189. The second-order valence-corrected chi connectivity index (χ2v) is 10.8. The second-order valence-electron chi connectivity index (χ2n) is 10.4. The lowest BCUT2D eigenvalue weighted by Gasteiger charge is -2.28. The highest BCUT2D eigenvalue weighted by Crippen LogP contribution is 2.37. The summed E-state index contributed by atoms with van der Waals surface area (Å²) in [5.74, 6) is 0.647. The van der Waals surface area contributed by atoms with Gasteiger partial charge in [-0.2, -0.15) is 5.10 Å². The molecule has 2 atom stereocenters. The maximum absolute atomic E-state index is 12.5. The Morgan fingerprint density at radius 2 is 1.84 bits per heavy atom. The molecule has 15 nitrogen and oxygen atoms in total. The van der Waals surface area contributed by atoms with Crippen molar-refractivity contribution in [2.45, 2.75) is 39.6 Å². The number of halogens is 1. The molecular weight excluding hydrogens is 662 g/mol. The van der Waals surface area contributed by atoms with Gasteiger partial charge in [-0.1, -0.05) is 29.8 Å². The van der Waals surface area contributed by atoms with Crippen molar-refractivity contribution in [3.63, 3.8) is 0 Å². The van der Waals surface area contributed by atoms with E-state index >= 15 is 0 Å². The minimum absolute atomic E-state index is 0.0241. The van der Waals surface area contributed by atoms with E-state index in [0.717, 1.165) is 0 Å². The number of nitro benzene ring substituents is 1. The molecule has 0 spiro atoms. The molecule has 2 amide bonds. The van der Waals surface area contributed by atoms with Gasteiger partial charge < -0.3 is 39.4 Å². The number of ether oxygens (including phenoxy) is 5. The van der Waals surface area contributed by atoms with Gasteiger partial charge in [0.2, 0.25) is 0 Å². The lowest BCUT2D eigenvalue weighted by atomic mass is 9.95. The highest BCUT2D eigenvalue weighted by Gasteiger charge is 2.32. The summed E-state index contributed by atoms with van der Waals surface area (Å²) in [5, 5.41) is 31.2. The number of amides is 2. The van der Waals surface area contributed by atoms with Gasteiger partial charge in [0.1, 0.15) is 13.2 Å². The van der Waals surface area contributed by atoms with Gasteiger partial charge in [-0.15, -0.1) is 0 Å². The van der Waals surface area contributed by atoms with Crippen molar-refractivity contribution in [1.82, 2.24) is 16.1 Å². The Labute approximate surface area is 286 Å². The summed E-state index contributed by atoms with van der Waals surface area (Å²) in [7, 11) is 1.26. The van der Waals surface area contributed by atoms with Crippen molar-refractivity contribution in [3.8, 4) is 23.0 Å². The number of carbonyl (C=O) groups is 2. The summed E-state index contributed by atoms with van der Waals surface area (Å²) >= 11 is 6.50. The van der Waals surface area contributed by atoms with Crippen LogP contribution in [0.1, 0.15) is 43.5 Å². The molecule has 1 heterocycles. The summed E-state index contributed by atoms with van der Waals surface area (Å²) < 4.78 is 28.0. The minimum Gasteiger partial charge on any atom is -0.490 e. The number of rotatable bonds is 16. The Morgan fingerprint density at radius 3 is 2.55 bits per heavy atom. The third-order valence-electron chi connectivity index (χ3n) is 6.95. The van der Waals surface area contributed by atoms with Crippen molar-refractivity contribution in [3.05, 3.63) is 97.7 Å². The van der Waals surface area contributed by atoms with Crippen molar-refractivity contribution in [2.75, 3.05) is 26.9 Å². The van der Waals surface area contributed by atoms with E-state index in [2.05, 4.69) is 21.2 Å². The fraction of sp³-hybridized carbons (Fsp3) is 0.303. The van der Waals surface area contributed by atoms with Crippen LogP contribution in [0.15, 0.2) is 71.0 Å². The largest absolute Gasteiger partial charge is 0.490 e. The molecule has 3 aromatic carbocycles. The van der Waals surface area contributed by atoms with Crippen LogP contribution in [0.3, 0.4) is 0 Å². The quantitative estimate of drug-likeness (QED) is 0.0531. The first-order chi connectivity index (χ1) is 23.5. The number of carbonyl (C=O) groups excluding carboxylic acids is 2. The summed E-state index contributed by atoms with van der Waals surface area (Å²) in [4.78, 5) is 35.3. The Hall–Kier alpha value is -5.54. The number of aliphatic hydroxyl groups excluding tert-OH is 1. The van der Waals surface area contributed by atoms with Gasteiger partial charge in [0.25, 0.3) is 5.69 Å². The van der Waals surface area contributed by atoms with Gasteiger partial charge in [-0.25, -0.2) is 9.59 Å². The number of esters is 1. The molecule has 0 saturated heterocycles. The van der Waals surface area contributed by atoms with E-state index in [-0.39, 0.29) is 35.2 Å². The average Bonchev–Trinajstić information content (AvgIpc) is 3.07. The summed E-state index contributed by atoms with van der Waals surface area (Å²) in [6, 6.07) is 13.0. The molecule has 0 saturated carbocycles. The van der Waals surface area contributed by atoms with Gasteiger partial charge in [-0.3, -0.25) is 15.5 Å². The number of aliphatic hydroxyl groups is 1. The number of methoxy groups -OCH3 is 1. The lowest BCUT2D eigenvalue weighted by Crippen LogP contribution is -2.45. The van der Waals surface area contributed by atoms with Gasteiger partial charge in [-0.05, 0) is 61.7 Å². The van der Waals surface area contributed by atoms with Crippen LogP contribution in [0.25, 0.3) is 0 Å². The van der Waals surface area contributed by atoms with E-state index in [4.69, 9.17) is 35.3 Å².